The Morgan fingerprint density at radius 3 is 2.93 bits per heavy atom. The average molecular weight is 210 g/mol. The van der Waals surface area contributed by atoms with E-state index >= 15 is 0 Å². The highest BCUT2D eigenvalue weighted by Gasteiger charge is 2.18. The predicted octanol–water partition coefficient (Wildman–Crippen LogP) is 2.48. The summed E-state index contributed by atoms with van der Waals surface area (Å²) in [4.78, 5) is 0. The van der Waals surface area contributed by atoms with Crippen molar-refractivity contribution in [2.24, 2.45) is 0 Å². The van der Waals surface area contributed by atoms with Gasteiger partial charge in [-0.05, 0) is 18.4 Å². The zero-order valence-corrected chi connectivity index (χ0v) is 9.64. The van der Waals surface area contributed by atoms with Gasteiger partial charge in [0.15, 0.2) is 0 Å². The second-order valence-electron chi connectivity index (χ2n) is 4.10. The van der Waals surface area contributed by atoms with Gasteiger partial charge in [-0.1, -0.05) is 26.3 Å². The average Bonchev–Trinajstić information content (AvgIpc) is 2.70. The molecule has 3 nitrogen and oxygen atoms in total. The first-order chi connectivity index (χ1) is 7.24. The highest BCUT2D eigenvalue weighted by molar-refractivity contribution is 5.83. The van der Waals surface area contributed by atoms with Gasteiger partial charge in [0.1, 0.15) is 6.23 Å². The van der Waals surface area contributed by atoms with Crippen molar-refractivity contribution in [3.05, 3.63) is 12.2 Å². The Hall–Kier alpha value is -0.670. The fraction of sp³-hybridized carbons (Fsp3) is 0.750. The molecule has 1 fully saturated rings. The van der Waals surface area contributed by atoms with Gasteiger partial charge < -0.3 is 10.1 Å². The predicted molar refractivity (Wildman–Crippen MR) is 63.4 cm³/mol. The van der Waals surface area contributed by atoms with Crippen LogP contribution in [0, 0.1) is 5.41 Å². The highest BCUT2D eigenvalue weighted by atomic mass is 16.5. The molecule has 86 valence electrons. The Bertz CT molecular complexity index is 220. The molecule has 0 amide bonds. The van der Waals surface area contributed by atoms with E-state index in [1.54, 1.807) is 0 Å². The van der Waals surface area contributed by atoms with E-state index in [1.165, 1.54) is 12.8 Å². The standard InChI is InChI=1S/C12H22N2O/c1-3-4-5-6-11(13)9-10(2)12-14-7-8-15-12/h12-14H,2-9H2,1H3. The van der Waals surface area contributed by atoms with E-state index < -0.39 is 0 Å². The third-order valence-electron chi connectivity index (χ3n) is 2.61. The molecule has 15 heavy (non-hydrogen) atoms. The number of nitrogens with one attached hydrogen (secondary N) is 2. The Balaban J connectivity index is 2.16. The van der Waals surface area contributed by atoms with E-state index in [2.05, 4.69) is 18.8 Å². The molecule has 1 heterocycles. The fourth-order valence-corrected chi connectivity index (χ4v) is 1.73. The summed E-state index contributed by atoms with van der Waals surface area (Å²) in [6, 6.07) is 0. The summed E-state index contributed by atoms with van der Waals surface area (Å²) in [6.45, 7) is 7.81. The number of unbranched alkanes of at least 4 members (excludes halogenated alkanes) is 2. The van der Waals surface area contributed by atoms with Gasteiger partial charge in [0.25, 0.3) is 0 Å². The van der Waals surface area contributed by atoms with Crippen LogP contribution in [0.2, 0.25) is 0 Å². The van der Waals surface area contributed by atoms with Gasteiger partial charge >= 0.3 is 0 Å². The Morgan fingerprint density at radius 1 is 1.53 bits per heavy atom. The van der Waals surface area contributed by atoms with Crippen molar-refractivity contribution in [2.45, 2.75) is 45.3 Å². The highest BCUT2D eigenvalue weighted by Crippen LogP contribution is 2.13. The van der Waals surface area contributed by atoms with Crippen molar-refractivity contribution in [2.75, 3.05) is 13.2 Å². The van der Waals surface area contributed by atoms with E-state index in [4.69, 9.17) is 10.1 Å². The minimum atomic E-state index is -0.0171. The maximum atomic E-state index is 7.82. The van der Waals surface area contributed by atoms with E-state index in [-0.39, 0.29) is 6.23 Å². The van der Waals surface area contributed by atoms with Crippen LogP contribution in [0.15, 0.2) is 12.2 Å². The zero-order chi connectivity index (χ0) is 11.1. The number of hydrogen-bond acceptors (Lipinski definition) is 3. The molecule has 3 heteroatoms. The SMILES string of the molecule is C=C(CC(=N)CCCCC)C1NCCO1. The molecule has 1 saturated heterocycles. The van der Waals surface area contributed by atoms with Gasteiger partial charge in [-0.25, -0.2) is 0 Å². The second-order valence-corrected chi connectivity index (χ2v) is 4.10. The molecule has 1 atom stereocenters. The number of ether oxygens (including phenoxy) is 1. The molecule has 0 aliphatic carbocycles. The van der Waals surface area contributed by atoms with E-state index in [9.17, 15) is 0 Å². The first-order valence-corrected chi connectivity index (χ1v) is 5.83. The van der Waals surface area contributed by atoms with Crippen molar-refractivity contribution >= 4 is 5.71 Å². The summed E-state index contributed by atoms with van der Waals surface area (Å²) in [5.74, 6) is 0. The number of rotatable bonds is 7. The quantitative estimate of drug-likeness (QED) is 0.385. The lowest BCUT2D eigenvalue weighted by Crippen LogP contribution is -2.25. The third kappa shape index (κ3) is 4.58. The van der Waals surface area contributed by atoms with Gasteiger partial charge in [-0.2, -0.15) is 0 Å². The van der Waals surface area contributed by atoms with E-state index in [0.717, 1.165) is 37.3 Å². The Morgan fingerprint density at radius 2 is 2.33 bits per heavy atom. The van der Waals surface area contributed by atoms with Crippen LogP contribution in [-0.4, -0.2) is 25.1 Å². The van der Waals surface area contributed by atoms with Crippen molar-refractivity contribution in [1.82, 2.24) is 5.32 Å². The van der Waals surface area contributed by atoms with Crippen molar-refractivity contribution in [1.29, 1.82) is 5.41 Å². The minimum absolute atomic E-state index is 0.0171. The molecular weight excluding hydrogens is 188 g/mol. The van der Waals surface area contributed by atoms with Crippen LogP contribution in [-0.2, 0) is 4.74 Å². The smallest absolute Gasteiger partial charge is 0.130 e. The van der Waals surface area contributed by atoms with E-state index in [0.29, 0.717) is 6.42 Å². The lowest BCUT2D eigenvalue weighted by atomic mass is 10.0. The van der Waals surface area contributed by atoms with Gasteiger partial charge in [0.2, 0.25) is 0 Å². The first-order valence-electron chi connectivity index (χ1n) is 5.83. The summed E-state index contributed by atoms with van der Waals surface area (Å²) in [7, 11) is 0. The van der Waals surface area contributed by atoms with Crippen LogP contribution in [0.25, 0.3) is 0 Å². The molecule has 0 aromatic rings. The molecular formula is C12H22N2O. The third-order valence-corrected chi connectivity index (χ3v) is 2.61. The van der Waals surface area contributed by atoms with Crippen LogP contribution >= 0.6 is 0 Å². The molecule has 0 aromatic heterocycles. The van der Waals surface area contributed by atoms with Crippen molar-refractivity contribution in [3.63, 3.8) is 0 Å². The summed E-state index contributed by atoms with van der Waals surface area (Å²) >= 11 is 0. The molecule has 0 aromatic carbocycles. The molecule has 0 spiro atoms. The minimum Gasteiger partial charge on any atom is -0.358 e. The molecule has 1 aliphatic rings. The van der Waals surface area contributed by atoms with Gasteiger partial charge in [0.05, 0.1) is 6.61 Å². The number of hydrogen-bond donors (Lipinski definition) is 2. The van der Waals surface area contributed by atoms with Crippen LogP contribution in [0.3, 0.4) is 0 Å². The van der Waals surface area contributed by atoms with Gasteiger partial charge in [-0.15, -0.1) is 0 Å². The fourth-order valence-electron chi connectivity index (χ4n) is 1.73. The molecule has 1 aliphatic heterocycles. The van der Waals surface area contributed by atoms with Gasteiger partial charge in [0, 0.05) is 18.7 Å². The normalized spacial score (nSPS) is 20.5. The Kier molecular flexibility index (Phi) is 5.58. The largest absolute Gasteiger partial charge is 0.358 e. The summed E-state index contributed by atoms with van der Waals surface area (Å²) in [6.07, 6.45) is 5.12. The molecule has 2 N–H and O–H groups in total. The Labute approximate surface area is 92.4 Å². The van der Waals surface area contributed by atoms with E-state index in [1.807, 2.05) is 0 Å². The van der Waals surface area contributed by atoms with Gasteiger partial charge in [-0.3, -0.25) is 5.32 Å². The van der Waals surface area contributed by atoms with Crippen LogP contribution in [0.1, 0.15) is 39.0 Å². The first kappa shape index (κ1) is 12.4. The molecule has 1 unspecified atom stereocenters. The summed E-state index contributed by atoms with van der Waals surface area (Å²) < 4.78 is 5.43. The van der Waals surface area contributed by atoms with Crippen LogP contribution < -0.4 is 5.32 Å². The maximum absolute atomic E-state index is 7.82. The zero-order valence-electron chi connectivity index (χ0n) is 9.64. The van der Waals surface area contributed by atoms with Crippen LogP contribution in [0.5, 0.6) is 0 Å². The van der Waals surface area contributed by atoms with Crippen LogP contribution in [0.4, 0.5) is 0 Å². The van der Waals surface area contributed by atoms with Crippen molar-refractivity contribution in [3.8, 4) is 0 Å². The molecule has 0 radical (unpaired) electrons. The topological polar surface area (TPSA) is 45.1 Å². The molecule has 0 bridgehead atoms. The van der Waals surface area contributed by atoms with Crippen molar-refractivity contribution < 1.29 is 4.74 Å². The maximum Gasteiger partial charge on any atom is 0.130 e. The molecule has 1 rings (SSSR count). The molecule has 0 saturated carbocycles. The lowest BCUT2D eigenvalue weighted by Gasteiger charge is -2.13. The summed E-state index contributed by atoms with van der Waals surface area (Å²) in [5.41, 5.74) is 1.78. The summed E-state index contributed by atoms with van der Waals surface area (Å²) in [5, 5.41) is 11.0. The monoisotopic (exact) mass is 210 g/mol. The lowest BCUT2D eigenvalue weighted by molar-refractivity contribution is 0.128. The second kappa shape index (κ2) is 6.75.